The van der Waals surface area contributed by atoms with Gasteiger partial charge in [-0.3, -0.25) is 19.3 Å². The molecule has 0 radical (unpaired) electrons. The standard InChI is InChI=1S/C20H23F2N3O5S/c1-12-6-8-20(9-7-12)17(28)25(19(29)24-20)10-16(27)30-11-15(26)23-13-4-2-3-5-14(13)31-18(21)22/h2-5,12,18H,6-11H2,1H3,(H,23,26)(H,24,29). The van der Waals surface area contributed by atoms with Gasteiger partial charge in [0.2, 0.25) is 0 Å². The third-order valence-corrected chi connectivity index (χ3v) is 6.19. The van der Waals surface area contributed by atoms with E-state index in [1.165, 1.54) is 12.1 Å². The Hall–Kier alpha value is -2.69. The third-order valence-electron chi connectivity index (χ3n) is 5.40. The van der Waals surface area contributed by atoms with Crippen LogP contribution in [0.25, 0.3) is 0 Å². The van der Waals surface area contributed by atoms with Crippen LogP contribution < -0.4 is 10.6 Å². The molecule has 1 aliphatic heterocycles. The summed E-state index contributed by atoms with van der Waals surface area (Å²) in [4.78, 5) is 50.1. The van der Waals surface area contributed by atoms with Crippen LogP contribution >= 0.6 is 11.8 Å². The first kappa shape index (κ1) is 23.0. The van der Waals surface area contributed by atoms with Gasteiger partial charge < -0.3 is 15.4 Å². The van der Waals surface area contributed by atoms with Crippen molar-refractivity contribution in [2.24, 2.45) is 5.92 Å². The van der Waals surface area contributed by atoms with E-state index in [9.17, 15) is 28.0 Å². The van der Waals surface area contributed by atoms with Crippen molar-refractivity contribution in [3.05, 3.63) is 24.3 Å². The SMILES string of the molecule is CC1CCC2(CC1)NC(=O)N(CC(=O)OCC(=O)Nc1ccccc1SC(F)F)C2=O. The number of thioether (sulfide) groups is 1. The molecule has 0 unspecified atom stereocenters. The second-order valence-corrected chi connectivity index (χ2v) is 8.70. The molecule has 31 heavy (non-hydrogen) atoms. The Morgan fingerprint density at radius 2 is 1.97 bits per heavy atom. The first-order valence-electron chi connectivity index (χ1n) is 9.83. The van der Waals surface area contributed by atoms with Gasteiger partial charge in [0, 0.05) is 4.90 Å². The number of anilines is 1. The predicted octanol–water partition coefficient (Wildman–Crippen LogP) is 2.98. The van der Waals surface area contributed by atoms with Crippen molar-refractivity contribution >= 4 is 41.3 Å². The third kappa shape index (κ3) is 5.52. The molecule has 0 aromatic heterocycles. The lowest BCUT2D eigenvalue weighted by Gasteiger charge is -2.33. The van der Waals surface area contributed by atoms with Crippen molar-refractivity contribution in [3.63, 3.8) is 0 Å². The van der Waals surface area contributed by atoms with Crippen LogP contribution in [0.1, 0.15) is 32.6 Å². The van der Waals surface area contributed by atoms with Crippen molar-refractivity contribution < 1.29 is 32.7 Å². The highest BCUT2D eigenvalue weighted by Crippen LogP contribution is 2.36. The number of hydrogen-bond acceptors (Lipinski definition) is 6. The van der Waals surface area contributed by atoms with E-state index in [0.29, 0.717) is 18.8 Å². The molecule has 1 saturated carbocycles. The lowest BCUT2D eigenvalue weighted by Crippen LogP contribution is -2.49. The maximum absolute atomic E-state index is 12.7. The number of nitrogens with one attached hydrogen (secondary N) is 2. The van der Waals surface area contributed by atoms with Crippen molar-refractivity contribution in [1.82, 2.24) is 10.2 Å². The number of ether oxygens (including phenoxy) is 1. The molecular formula is C20H23F2N3O5S. The summed E-state index contributed by atoms with van der Waals surface area (Å²) in [6.45, 7) is 0.796. The van der Waals surface area contributed by atoms with E-state index in [-0.39, 0.29) is 22.3 Å². The average Bonchev–Trinajstić information content (AvgIpc) is 2.94. The number of alkyl halides is 2. The van der Waals surface area contributed by atoms with Gasteiger partial charge in [0.1, 0.15) is 12.1 Å². The van der Waals surface area contributed by atoms with Crippen LogP contribution in [0.4, 0.5) is 19.3 Å². The van der Waals surface area contributed by atoms with Gasteiger partial charge in [0.25, 0.3) is 17.6 Å². The number of hydrogen-bond donors (Lipinski definition) is 2. The van der Waals surface area contributed by atoms with Gasteiger partial charge in [0.15, 0.2) is 6.61 Å². The van der Waals surface area contributed by atoms with Crippen LogP contribution in [0.15, 0.2) is 29.2 Å². The predicted molar refractivity (Wildman–Crippen MR) is 108 cm³/mol. The Labute approximate surface area is 182 Å². The number of amides is 4. The summed E-state index contributed by atoms with van der Waals surface area (Å²) in [7, 11) is 0. The molecule has 2 N–H and O–H groups in total. The van der Waals surface area contributed by atoms with Gasteiger partial charge in [0.05, 0.1) is 5.69 Å². The lowest BCUT2D eigenvalue weighted by molar-refractivity contribution is -0.150. The minimum absolute atomic E-state index is 0.163. The Kier molecular flexibility index (Phi) is 7.14. The first-order chi connectivity index (χ1) is 14.7. The molecule has 4 amide bonds. The Bertz CT molecular complexity index is 874. The largest absolute Gasteiger partial charge is 0.454 e. The number of carbonyl (C=O) groups excluding carboxylic acids is 4. The van der Waals surface area contributed by atoms with E-state index in [1.807, 2.05) is 0 Å². The molecular weight excluding hydrogens is 432 g/mol. The van der Waals surface area contributed by atoms with Crippen LogP contribution in [0.3, 0.4) is 0 Å². The smallest absolute Gasteiger partial charge is 0.326 e. The van der Waals surface area contributed by atoms with Crippen molar-refractivity contribution in [1.29, 1.82) is 0 Å². The maximum atomic E-state index is 12.7. The van der Waals surface area contributed by atoms with Gasteiger partial charge in [-0.15, -0.1) is 0 Å². The zero-order chi connectivity index (χ0) is 22.6. The monoisotopic (exact) mass is 455 g/mol. The van der Waals surface area contributed by atoms with E-state index >= 15 is 0 Å². The summed E-state index contributed by atoms with van der Waals surface area (Å²) in [5.41, 5.74) is -0.802. The van der Waals surface area contributed by atoms with Crippen LogP contribution in [0, 0.1) is 5.92 Å². The van der Waals surface area contributed by atoms with Crippen LogP contribution in [0.5, 0.6) is 0 Å². The fourth-order valence-corrected chi connectivity index (χ4v) is 4.28. The van der Waals surface area contributed by atoms with Crippen molar-refractivity contribution in [2.45, 2.75) is 48.8 Å². The molecule has 2 fully saturated rings. The number of carbonyl (C=O) groups is 4. The number of halogens is 2. The number of rotatable bonds is 7. The molecule has 1 saturated heterocycles. The molecule has 0 bridgehead atoms. The molecule has 168 valence electrons. The molecule has 3 rings (SSSR count). The Morgan fingerprint density at radius 1 is 1.29 bits per heavy atom. The van der Waals surface area contributed by atoms with Crippen molar-refractivity contribution in [3.8, 4) is 0 Å². The van der Waals surface area contributed by atoms with E-state index in [2.05, 4.69) is 17.6 Å². The van der Waals surface area contributed by atoms with Crippen LogP contribution in [-0.4, -0.2) is 53.2 Å². The van der Waals surface area contributed by atoms with Crippen LogP contribution in [0.2, 0.25) is 0 Å². The van der Waals surface area contributed by atoms with Gasteiger partial charge in [-0.1, -0.05) is 30.8 Å². The molecule has 11 heteroatoms. The zero-order valence-corrected chi connectivity index (χ0v) is 17.7. The summed E-state index contributed by atoms with van der Waals surface area (Å²) < 4.78 is 30.1. The minimum atomic E-state index is -2.66. The molecule has 1 aliphatic carbocycles. The molecule has 1 spiro atoms. The highest BCUT2D eigenvalue weighted by molar-refractivity contribution is 7.99. The average molecular weight is 455 g/mol. The summed E-state index contributed by atoms with van der Waals surface area (Å²) in [6.07, 6.45) is 2.64. The number of esters is 1. The van der Waals surface area contributed by atoms with E-state index in [4.69, 9.17) is 4.74 Å². The summed E-state index contributed by atoms with van der Waals surface area (Å²) in [5, 5.41) is 5.10. The van der Waals surface area contributed by atoms with Crippen LogP contribution in [-0.2, 0) is 19.1 Å². The molecule has 1 aromatic rings. The van der Waals surface area contributed by atoms with Gasteiger partial charge in [-0.05, 0) is 43.7 Å². The van der Waals surface area contributed by atoms with Gasteiger partial charge >= 0.3 is 12.0 Å². The molecule has 0 atom stereocenters. The number of nitrogens with zero attached hydrogens (tertiary/aromatic N) is 1. The highest BCUT2D eigenvalue weighted by Gasteiger charge is 2.52. The number of benzene rings is 1. The fourth-order valence-electron chi connectivity index (χ4n) is 3.69. The minimum Gasteiger partial charge on any atom is -0.454 e. The molecule has 2 aliphatic rings. The molecule has 8 nitrogen and oxygen atoms in total. The number of imide groups is 1. The van der Waals surface area contributed by atoms with E-state index < -0.39 is 48.3 Å². The van der Waals surface area contributed by atoms with Gasteiger partial charge in [-0.2, -0.15) is 8.78 Å². The number of para-hydroxylation sites is 1. The Balaban J connectivity index is 1.51. The first-order valence-corrected chi connectivity index (χ1v) is 10.7. The quantitative estimate of drug-likeness (QED) is 0.372. The summed E-state index contributed by atoms with van der Waals surface area (Å²) >= 11 is 0.279. The second-order valence-electron chi connectivity index (χ2n) is 7.67. The topological polar surface area (TPSA) is 105 Å². The summed E-state index contributed by atoms with van der Waals surface area (Å²) in [5.74, 6) is -4.29. The van der Waals surface area contributed by atoms with Gasteiger partial charge in [-0.25, -0.2) is 4.79 Å². The number of urea groups is 1. The second kappa shape index (κ2) is 9.63. The van der Waals surface area contributed by atoms with E-state index in [1.54, 1.807) is 12.1 Å². The van der Waals surface area contributed by atoms with Crippen molar-refractivity contribution in [2.75, 3.05) is 18.5 Å². The zero-order valence-electron chi connectivity index (χ0n) is 16.9. The summed E-state index contributed by atoms with van der Waals surface area (Å²) in [6, 6.07) is 5.34. The lowest BCUT2D eigenvalue weighted by atomic mass is 9.77. The maximum Gasteiger partial charge on any atom is 0.326 e. The Morgan fingerprint density at radius 3 is 2.65 bits per heavy atom. The highest BCUT2D eigenvalue weighted by atomic mass is 32.2. The van der Waals surface area contributed by atoms with E-state index in [0.717, 1.165) is 17.7 Å². The molecule has 1 aromatic carbocycles. The normalized spacial score (nSPS) is 23.2. The molecule has 1 heterocycles. The fraction of sp³-hybridized carbons (Fsp3) is 0.500.